The SMILES string of the molecule is CNCCC=C(C)c1cccc(N)c1. The highest BCUT2D eigenvalue weighted by Gasteiger charge is 1.94. The zero-order valence-corrected chi connectivity index (χ0v) is 8.88. The first kappa shape index (κ1) is 10.8. The summed E-state index contributed by atoms with van der Waals surface area (Å²) in [5.41, 5.74) is 9.03. The molecule has 14 heavy (non-hydrogen) atoms. The lowest BCUT2D eigenvalue weighted by atomic mass is 10.1. The van der Waals surface area contributed by atoms with Crippen molar-refractivity contribution in [2.45, 2.75) is 13.3 Å². The first-order chi connectivity index (χ1) is 6.74. The zero-order chi connectivity index (χ0) is 10.4. The van der Waals surface area contributed by atoms with E-state index in [-0.39, 0.29) is 0 Å². The molecule has 0 fully saturated rings. The lowest BCUT2D eigenvalue weighted by Crippen LogP contribution is -2.05. The minimum absolute atomic E-state index is 0.823. The highest BCUT2D eigenvalue weighted by molar-refractivity contribution is 5.66. The summed E-state index contributed by atoms with van der Waals surface area (Å²) in [6.07, 6.45) is 3.28. The summed E-state index contributed by atoms with van der Waals surface area (Å²) in [5, 5.41) is 3.12. The molecule has 0 radical (unpaired) electrons. The van der Waals surface area contributed by atoms with E-state index >= 15 is 0 Å². The third-order valence-corrected chi connectivity index (χ3v) is 2.19. The fraction of sp³-hybridized carbons (Fsp3) is 0.333. The lowest BCUT2D eigenvalue weighted by molar-refractivity contribution is 0.808. The molecule has 1 rings (SSSR count). The van der Waals surface area contributed by atoms with Crippen LogP contribution in [0, 0.1) is 0 Å². The minimum Gasteiger partial charge on any atom is -0.399 e. The van der Waals surface area contributed by atoms with E-state index in [0.717, 1.165) is 18.7 Å². The highest BCUT2D eigenvalue weighted by Crippen LogP contribution is 2.16. The van der Waals surface area contributed by atoms with E-state index in [2.05, 4.69) is 24.4 Å². The zero-order valence-electron chi connectivity index (χ0n) is 8.88. The summed E-state index contributed by atoms with van der Waals surface area (Å²) < 4.78 is 0. The smallest absolute Gasteiger partial charge is 0.0320 e. The maximum Gasteiger partial charge on any atom is 0.0320 e. The number of anilines is 1. The van der Waals surface area contributed by atoms with Gasteiger partial charge < -0.3 is 11.1 Å². The van der Waals surface area contributed by atoms with Gasteiger partial charge in [-0.05, 0) is 50.2 Å². The summed E-state index contributed by atoms with van der Waals surface area (Å²) in [6.45, 7) is 3.13. The largest absolute Gasteiger partial charge is 0.399 e. The van der Waals surface area contributed by atoms with Gasteiger partial charge in [-0.2, -0.15) is 0 Å². The van der Waals surface area contributed by atoms with E-state index in [1.807, 2.05) is 25.2 Å². The maximum absolute atomic E-state index is 5.71. The minimum atomic E-state index is 0.823. The second-order valence-corrected chi connectivity index (χ2v) is 3.40. The van der Waals surface area contributed by atoms with Gasteiger partial charge in [-0.25, -0.2) is 0 Å². The second kappa shape index (κ2) is 5.45. The van der Waals surface area contributed by atoms with E-state index in [1.54, 1.807) is 0 Å². The summed E-state index contributed by atoms with van der Waals surface area (Å²) in [4.78, 5) is 0. The molecular weight excluding hydrogens is 172 g/mol. The van der Waals surface area contributed by atoms with Crippen molar-refractivity contribution in [1.29, 1.82) is 0 Å². The van der Waals surface area contributed by atoms with Gasteiger partial charge in [-0.3, -0.25) is 0 Å². The van der Waals surface area contributed by atoms with E-state index in [1.165, 1.54) is 11.1 Å². The third kappa shape index (κ3) is 3.23. The molecule has 0 unspecified atom stereocenters. The number of hydrogen-bond acceptors (Lipinski definition) is 2. The Bertz CT molecular complexity index is 316. The molecular formula is C12H18N2. The van der Waals surface area contributed by atoms with Crippen molar-refractivity contribution in [3.05, 3.63) is 35.9 Å². The van der Waals surface area contributed by atoms with E-state index in [4.69, 9.17) is 5.73 Å². The summed E-state index contributed by atoms with van der Waals surface area (Å²) in [7, 11) is 1.96. The molecule has 0 heterocycles. The van der Waals surface area contributed by atoms with E-state index in [0.29, 0.717) is 0 Å². The molecule has 0 atom stereocenters. The third-order valence-electron chi connectivity index (χ3n) is 2.19. The fourth-order valence-corrected chi connectivity index (χ4v) is 1.33. The summed E-state index contributed by atoms with van der Waals surface area (Å²) in [6, 6.07) is 7.98. The predicted molar refractivity (Wildman–Crippen MR) is 63.0 cm³/mol. The van der Waals surface area contributed by atoms with Gasteiger partial charge in [-0.1, -0.05) is 18.2 Å². The van der Waals surface area contributed by atoms with Crippen LogP contribution < -0.4 is 11.1 Å². The fourth-order valence-electron chi connectivity index (χ4n) is 1.33. The van der Waals surface area contributed by atoms with Gasteiger partial charge in [0, 0.05) is 5.69 Å². The molecule has 0 aromatic heterocycles. The van der Waals surface area contributed by atoms with Crippen molar-refractivity contribution in [2.75, 3.05) is 19.3 Å². The standard InChI is InChI=1S/C12H18N2/c1-10(5-4-8-14-2)11-6-3-7-12(13)9-11/h3,5-7,9,14H,4,8,13H2,1-2H3. The Balaban J connectivity index is 2.68. The number of hydrogen-bond donors (Lipinski definition) is 2. The Labute approximate surface area is 85.8 Å². The summed E-state index contributed by atoms with van der Waals surface area (Å²) >= 11 is 0. The molecule has 0 amide bonds. The molecule has 1 aromatic carbocycles. The lowest BCUT2D eigenvalue weighted by Gasteiger charge is -2.02. The van der Waals surface area contributed by atoms with Gasteiger partial charge in [-0.15, -0.1) is 0 Å². The van der Waals surface area contributed by atoms with Crippen LogP contribution in [-0.4, -0.2) is 13.6 Å². The number of benzene rings is 1. The average Bonchev–Trinajstić information content (AvgIpc) is 2.18. The molecule has 2 heteroatoms. The first-order valence-electron chi connectivity index (χ1n) is 4.91. The van der Waals surface area contributed by atoms with Crippen LogP contribution in [0.15, 0.2) is 30.3 Å². The van der Waals surface area contributed by atoms with Gasteiger partial charge in [0.15, 0.2) is 0 Å². The van der Waals surface area contributed by atoms with Crippen LogP contribution >= 0.6 is 0 Å². The topological polar surface area (TPSA) is 38.0 Å². The summed E-state index contributed by atoms with van der Waals surface area (Å²) in [5.74, 6) is 0. The Hall–Kier alpha value is -1.28. The normalized spacial score (nSPS) is 11.7. The van der Waals surface area contributed by atoms with Crippen LogP contribution in [0.4, 0.5) is 5.69 Å². The van der Waals surface area contributed by atoms with Crippen molar-refractivity contribution in [1.82, 2.24) is 5.32 Å². The second-order valence-electron chi connectivity index (χ2n) is 3.40. The van der Waals surface area contributed by atoms with Crippen molar-refractivity contribution >= 4 is 11.3 Å². The van der Waals surface area contributed by atoms with Crippen molar-refractivity contribution < 1.29 is 0 Å². The molecule has 0 spiro atoms. The van der Waals surface area contributed by atoms with Crippen LogP contribution in [-0.2, 0) is 0 Å². The molecule has 0 bridgehead atoms. The van der Waals surface area contributed by atoms with Gasteiger partial charge in [0.1, 0.15) is 0 Å². The molecule has 0 saturated carbocycles. The van der Waals surface area contributed by atoms with Crippen LogP contribution in [0.2, 0.25) is 0 Å². The van der Waals surface area contributed by atoms with Gasteiger partial charge >= 0.3 is 0 Å². The van der Waals surface area contributed by atoms with E-state index in [9.17, 15) is 0 Å². The quantitative estimate of drug-likeness (QED) is 0.564. The number of nitrogens with one attached hydrogen (secondary N) is 1. The van der Waals surface area contributed by atoms with Crippen LogP contribution in [0.3, 0.4) is 0 Å². The number of allylic oxidation sites excluding steroid dienone is 1. The molecule has 3 N–H and O–H groups in total. The van der Waals surface area contributed by atoms with Crippen LogP contribution in [0.1, 0.15) is 18.9 Å². The Morgan fingerprint density at radius 1 is 1.50 bits per heavy atom. The van der Waals surface area contributed by atoms with E-state index < -0.39 is 0 Å². The number of nitrogen functional groups attached to an aromatic ring is 1. The Morgan fingerprint density at radius 2 is 2.29 bits per heavy atom. The van der Waals surface area contributed by atoms with Gasteiger partial charge in [0.2, 0.25) is 0 Å². The molecule has 0 aliphatic heterocycles. The molecule has 1 aromatic rings. The van der Waals surface area contributed by atoms with Crippen LogP contribution in [0.5, 0.6) is 0 Å². The Morgan fingerprint density at radius 3 is 2.93 bits per heavy atom. The Kier molecular flexibility index (Phi) is 4.20. The van der Waals surface area contributed by atoms with Crippen molar-refractivity contribution in [3.8, 4) is 0 Å². The van der Waals surface area contributed by atoms with Gasteiger partial charge in [0.05, 0.1) is 0 Å². The van der Waals surface area contributed by atoms with Crippen molar-refractivity contribution in [2.24, 2.45) is 0 Å². The first-order valence-corrected chi connectivity index (χ1v) is 4.91. The predicted octanol–water partition coefficient (Wildman–Crippen LogP) is 2.28. The molecule has 0 aliphatic rings. The van der Waals surface area contributed by atoms with Crippen molar-refractivity contribution in [3.63, 3.8) is 0 Å². The molecule has 0 saturated heterocycles. The molecule has 76 valence electrons. The average molecular weight is 190 g/mol. The number of nitrogens with two attached hydrogens (primary N) is 1. The molecule has 2 nitrogen and oxygen atoms in total. The van der Waals surface area contributed by atoms with Gasteiger partial charge in [0.25, 0.3) is 0 Å². The van der Waals surface area contributed by atoms with Crippen LogP contribution in [0.25, 0.3) is 5.57 Å². The monoisotopic (exact) mass is 190 g/mol. The molecule has 0 aliphatic carbocycles. The highest BCUT2D eigenvalue weighted by atomic mass is 14.8. The maximum atomic E-state index is 5.71. The number of rotatable bonds is 4.